The maximum atomic E-state index is 4.31. The summed E-state index contributed by atoms with van der Waals surface area (Å²) in [7, 11) is 2.04. The van der Waals surface area contributed by atoms with Crippen LogP contribution in [0.3, 0.4) is 0 Å². The zero-order valence-corrected chi connectivity index (χ0v) is 13.1. The molecule has 1 heterocycles. The molecule has 2 aromatic rings. The zero-order chi connectivity index (χ0) is 14.1. The Labute approximate surface area is 124 Å². The molecule has 0 saturated carbocycles. The third-order valence-corrected chi connectivity index (χ3v) is 5.09. The summed E-state index contributed by atoms with van der Waals surface area (Å²) in [5.74, 6) is 1.11. The first-order valence-electron chi connectivity index (χ1n) is 7.28. The van der Waals surface area contributed by atoms with Crippen LogP contribution < -0.4 is 5.32 Å². The van der Waals surface area contributed by atoms with E-state index in [2.05, 4.69) is 53.0 Å². The summed E-state index contributed by atoms with van der Waals surface area (Å²) >= 11 is 1.54. The van der Waals surface area contributed by atoms with Gasteiger partial charge < -0.3 is 5.32 Å². The number of fused-ring (bicyclic) bond motifs is 1. The summed E-state index contributed by atoms with van der Waals surface area (Å²) in [6.07, 6.45) is 2.34. The van der Waals surface area contributed by atoms with Gasteiger partial charge in [-0.2, -0.15) is 0 Å². The molecule has 1 N–H and O–H groups in total. The Morgan fingerprint density at radius 1 is 1.35 bits per heavy atom. The summed E-state index contributed by atoms with van der Waals surface area (Å²) in [5.41, 5.74) is 4.19. The summed E-state index contributed by atoms with van der Waals surface area (Å²) in [6.45, 7) is 4.37. The number of benzene rings is 1. The number of nitrogens with zero attached hydrogens (tertiary/aromatic N) is 2. The normalized spacial score (nSPS) is 18.7. The average molecular weight is 287 g/mol. The third-order valence-electron chi connectivity index (χ3n) is 4.23. The first-order chi connectivity index (χ1) is 9.70. The lowest BCUT2D eigenvalue weighted by Gasteiger charge is -2.33. The molecule has 4 heteroatoms. The first kappa shape index (κ1) is 13.7. The fourth-order valence-corrected chi connectivity index (χ4v) is 3.99. The molecule has 0 saturated heterocycles. The Bertz CT molecular complexity index is 591. The quantitative estimate of drug-likeness (QED) is 0.912. The highest BCUT2D eigenvalue weighted by molar-refractivity contribution is 7.05. The van der Waals surface area contributed by atoms with Crippen LogP contribution in [0.15, 0.2) is 24.3 Å². The van der Waals surface area contributed by atoms with Gasteiger partial charge in [0.25, 0.3) is 0 Å². The van der Waals surface area contributed by atoms with Crippen LogP contribution in [0.4, 0.5) is 0 Å². The molecule has 1 aliphatic carbocycles. The van der Waals surface area contributed by atoms with Gasteiger partial charge in [0.2, 0.25) is 0 Å². The topological polar surface area (TPSA) is 37.8 Å². The van der Waals surface area contributed by atoms with E-state index < -0.39 is 0 Å². The summed E-state index contributed by atoms with van der Waals surface area (Å²) in [6, 6.07) is 9.16. The van der Waals surface area contributed by atoms with Crippen molar-refractivity contribution < 1.29 is 0 Å². The van der Waals surface area contributed by atoms with Crippen molar-refractivity contribution in [1.82, 2.24) is 14.9 Å². The molecular weight excluding hydrogens is 266 g/mol. The van der Waals surface area contributed by atoms with Gasteiger partial charge in [0, 0.05) is 6.04 Å². The molecule has 2 unspecified atom stereocenters. The second-order valence-corrected chi connectivity index (χ2v) is 6.64. The Morgan fingerprint density at radius 2 is 2.15 bits per heavy atom. The van der Waals surface area contributed by atoms with Gasteiger partial charge in [-0.15, -0.1) is 5.10 Å². The van der Waals surface area contributed by atoms with Gasteiger partial charge in [-0.25, -0.2) is 0 Å². The van der Waals surface area contributed by atoms with E-state index in [-0.39, 0.29) is 0 Å². The molecule has 1 aromatic carbocycles. The molecule has 20 heavy (non-hydrogen) atoms. The second kappa shape index (κ2) is 5.62. The molecule has 1 aromatic heterocycles. The number of hydrogen-bond donors (Lipinski definition) is 1. The molecule has 0 aliphatic heterocycles. The molecule has 0 spiro atoms. The van der Waals surface area contributed by atoms with Crippen molar-refractivity contribution in [1.29, 1.82) is 0 Å². The smallest absolute Gasteiger partial charge is 0.0829 e. The monoisotopic (exact) mass is 287 g/mol. The molecule has 2 atom stereocenters. The molecule has 3 nitrogen and oxygen atoms in total. The van der Waals surface area contributed by atoms with Crippen LogP contribution in [0.5, 0.6) is 0 Å². The van der Waals surface area contributed by atoms with E-state index in [1.807, 2.05) is 7.05 Å². The van der Waals surface area contributed by atoms with E-state index in [9.17, 15) is 0 Å². The van der Waals surface area contributed by atoms with Gasteiger partial charge in [-0.3, -0.25) is 0 Å². The Hall–Kier alpha value is -1.26. The van der Waals surface area contributed by atoms with Crippen LogP contribution in [-0.2, 0) is 6.42 Å². The molecule has 0 bridgehead atoms. The first-order valence-corrected chi connectivity index (χ1v) is 8.05. The fourth-order valence-electron chi connectivity index (χ4n) is 3.06. The van der Waals surface area contributed by atoms with E-state index in [0.29, 0.717) is 17.9 Å². The maximum absolute atomic E-state index is 4.31. The highest BCUT2D eigenvalue weighted by Gasteiger charge is 2.30. The summed E-state index contributed by atoms with van der Waals surface area (Å²) in [5, 5.41) is 7.77. The van der Waals surface area contributed by atoms with Crippen LogP contribution in [0.25, 0.3) is 0 Å². The largest absolute Gasteiger partial charge is 0.312 e. The summed E-state index contributed by atoms with van der Waals surface area (Å²) in [4.78, 5) is 1.31. The van der Waals surface area contributed by atoms with Crippen molar-refractivity contribution in [2.45, 2.75) is 44.6 Å². The SMILES string of the molecule is CNC(CC1Cc2ccccc21)c1snnc1C(C)C. The van der Waals surface area contributed by atoms with Crippen molar-refractivity contribution in [2.75, 3.05) is 7.05 Å². The van der Waals surface area contributed by atoms with Gasteiger partial charge in [0.1, 0.15) is 0 Å². The van der Waals surface area contributed by atoms with E-state index in [1.54, 1.807) is 11.5 Å². The minimum atomic E-state index is 0.366. The minimum absolute atomic E-state index is 0.366. The minimum Gasteiger partial charge on any atom is -0.312 e. The molecule has 0 radical (unpaired) electrons. The van der Waals surface area contributed by atoms with Crippen molar-refractivity contribution in [3.8, 4) is 0 Å². The van der Waals surface area contributed by atoms with Gasteiger partial charge in [-0.1, -0.05) is 42.6 Å². The third kappa shape index (κ3) is 2.38. The van der Waals surface area contributed by atoms with Gasteiger partial charge in [0.15, 0.2) is 0 Å². The van der Waals surface area contributed by atoms with Crippen molar-refractivity contribution in [3.63, 3.8) is 0 Å². The van der Waals surface area contributed by atoms with Crippen LogP contribution in [0, 0.1) is 0 Å². The maximum Gasteiger partial charge on any atom is 0.0829 e. The van der Waals surface area contributed by atoms with Crippen molar-refractivity contribution in [3.05, 3.63) is 46.0 Å². The molecule has 1 aliphatic rings. The van der Waals surface area contributed by atoms with Crippen LogP contribution in [0.1, 0.15) is 59.8 Å². The van der Waals surface area contributed by atoms with E-state index in [4.69, 9.17) is 0 Å². The standard InChI is InChI=1S/C16H21N3S/c1-10(2)15-16(20-19-18-15)14(17-3)9-12-8-11-6-4-5-7-13(11)12/h4-7,10,12,14,17H,8-9H2,1-3H3. The summed E-state index contributed by atoms with van der Waals surface area (Å²) < 4.78 is 4.16. The number of hydrogen-bond acceptors (Lipinski definition) is 4. The predicted molar refractivity (Wildman–Crippen MR) is 83.3 cm³/mol. The lowest BCUT2D eigenvalue weighted by Crippen LogP contribution is -2.25. The lowest BCUT2D eigenvalue weighted by atomic mass is 9.74. The Kier molecular flexibility index (Phi) is 3.85. The Morgan fingerprint density at radius 3 is 2.85 bits per heavy atom. The molecular formula is C16H21N3S. The number of nitrogens with one attached hydrogen (secondary N) is 1. The molecule has 0 fully saturated rings. The van der Waals surface area contributed by atoms with E-state index in [0.717, 1.165) is 12.1 Å². The van der Waals surface area contributed by atoms with Crippen molar-refractivity contribution in [2.24, 2.45) is 0 Å². The van der Waals surface area contributed by atoms with Crippen LogP contribution in [0.2, 0.25) is 0 Å². The van der Waals surface area contributed by atoms with E-state index in [1.165, 1.54) is 22.4 Å². The predicted octanol–water partition coefficient (Wildman–Crippen LogP) is 3.65. The van der Waals surface area contributed by atoms with Gasteiger partial charge >= 0.3 is 0 Å². The number of rotatable bonds is 5. The van der Waals surface area contributed by atoms with E-state index >= 15 is 0 Å². The van der Waals surface area contributed by atoms with Crippen LogP contribution >= 0.6 is 11.5 Å². The van der Waals surface area contributed by atoms with Gasteiger partial charge in [0.05, 0.1) is 10.6 Å². The molecule has 106 valence electrons. The molecule has 0 amide bonds. The zero-order valence-electron chi connectivity index (χ0n) is 12.3. The van der Waals surface area contributed by atoms with Gasteiger partial charge in [-0.05, 0) is 54.4 Å². The molecule has 3 rings (SSSR count). The van der Waals surface area contributed by atoms with Crippen LogP contribution in [-0.4, -0.2) is 16.6 Å². The lowest BCUT2D eigenvalue weighted by molar-refractivity contribution is 0.453. The fraction of sp³-hybridized carbons (Fsp3) is 0.500. The van der Waals surface area contributed by atoms with Crippen molar-refractivity contribution >= 4 is 11.5 Å². The average Bonchev–Trinajstić information content (AvgIpc) is 2.89. The highest BCUT2D eigenvalue weighted by atomic mass is 32.1. The highest BCUT2D eigenvalue weighted by Crippen LogP contribution is 2.41. The number of aromatic nitrogens is 2. The Balaban J connectivity index is 1.77. The second-order valence-electron chi connectivity index (χ2n) is 5.85.